The summed E-state index contributed by atoms with van der Waals surface area (Å²) in [6, 6.07) is 5.72. The molecule has 0 aliphatic carbocycles. The van der Waals surface area contributed by atoms with Gasteiger partial charge in [-0.3, -0.25) is 0 Å². The minimum atomic E-state index is -0.143. The van der Waals surface area contributed by atoms with Crippen molar-refractivity contribution in [1.29, 1.82) is 0 Å². The quantitative estimate of drug-likeness (QED) is 0.868. The molecule has 1 aliphatic heterocycles. The Morgan fingerprint density at radius 2 is 2.04 bits per heavy atom. The number of rotatable bonds is 6. The van der Waals surface area contributed by atoms with Crippen LogP contribution in [0.25, 0.3) is 0 Å². The van der Waals surface area contributed by atoms with E-state index in [0.717, 1.165) is 18.4 Å². The molecule has 2 aromatic rings. The number of ether oxygens (including phenoxy) is 3. The first-order valence-electron chi connectivity index (χ1n) is 7.62. The Bertz CT molecular complexity index is 659. The van der Waals surface area contributed by atoms with Crippen LogP contribution in [0.15, 0.2) is 22.7 Å². The lowest BCUT2D eigenvalue weighted by molar-refractivity contribution is 0.0307. The molecule has 0 bridgehead atoms. The lowest BCUT2D eigenvalue weighted by Crippen LogP contribution is -2.18. The monoisotopic (exact) mass is 319 g/mol. The van der Waals surface area contributed by atoms with Crippen molar-refractivity contribution in [3.8, 4) is 11.5 Å². The van der Waals surface area contributed by atoms with Crippen LogP contribution in [-0.4, -0.2) is 37.0 Å². The first kappa shape index (κ1) is 15.8. The second kappa shape index (κ2) is 6.97. The van der Waals surface area contributed by atoms with E-state index >= 15 is 0 Å². The first-order valence-corrected chi connectivity index (χ1v) is 7.62. The molecule has 0 radical (unpaired) electrons. The van der Waals surface area contributed by atoms with E-state index in [1.54, 1.807) is 14.2 Å². The van der Waals surface area contributed by atoms with Crippen LogP contribution in [0.5, 0.6) is 11.5 Å². The van der Waals surface area contributed by atoms with Gasteiger partial charge in [0.1, 0.15) is 6.10 Å². The Kier molecular flexibility index (Phi) is 4.78. The lowest BCUT2D eigenvalue weighted by atomic mass is 10.1. The molecule has 0 amide bonds. The molecule has 0 spiro atoms. The Hall–Kier alpha value is -2.12. The van der Waals surface area contributed by atoms with Gasteiger partial charge in [-0.25, -0.2) is 0 Å². The lowest BCUT2D eigenvalue weighted by Gasteiger charge is -2.08. The van der Waals surface area contributed by atoms with E-state index < -0.39 is 0 Å². The Labute approximate surface area is 134 Å². The van der Waals surface area contributed by atoms with Gasteiger partial charge in [0.05, 0.1) is 20.3 Å². The number of hydrogen-bond donors (Lipinski definition) is 1. The van der Waals surface area contributed by atoms with Crippen molar-refractivity contribution in [2.45, 2.75) is 31.5 Å². The van der Waals surface area contributed by atoms with E-state index in [-0.39, 0.29) is 12.2 Å². The van der Waals surface area contributed by atoms with Crippen LogP contribution in [0.2, 0.25) is 0 Å². The highest BCUT2D eigenvalue weighted by Crippen LogP contribution is 2.32. The van der Waals surface area contributed by atoms with E-state index in [1.807, 2.05) is 18.2 Å². The molecule has 3 rings (SSSR count). The third-order valence-corrected chi connectivity index (χ3v) is 3.94. The summed E-state index contributed by atoms with van der Waals surface area (Å²) in [7, 11) is 3.22. The van der Waals surface area contributed by atoms with Crippen molar-refractivity contribution in [1.82, 2.24) is 10.1 Å². The van der Waals surface area contributed by atoms with E-state index in [2.05, 4.69) is 10.1 Å². The van der Waals surface area contributed by atoms with Crippen LogP contribution in [0.4, 0.5) is 0 Å². The van der Waals surface area contributed by atoms with E-state index in [1.165, 1.54) is 0 Å². The molecule has 0 saturated carbocycles. The number of hydrogen-bond acceptors (Lipinski definition) is 7. The maximum atomic E-state index is 5.77. The topological polar surface area (TPSA) is 92.6 Å². The van der Waals surface area contributed by atoms with Crippen LogP contribution >= 0.6 is 0 Å². The third-order valence-electron chi connectivity index (χ3n) is 3.94. The summed E-state index contributed by atoms with van der Waals surface area (Å²) in [5, 5.41) is 4.04. The average Bonchev–Trinajstić information content (AvgIpc) is 3.23. The van der Waals surface area contributed by atoms with Crippen molar-refractivity contribution in [2.24, 2.45) is 5.73 Å². The van der Waals surface area contributed by atoms with Gasteiger partial charge in [0.15, 0.2) is 17.3 Å². The molecule has 23 heavy (non-hydrogen) atoms. The number of methoxy groups -OCH3 is 2. The van der Waals surface area contributed by atoms with Gasteiger partial charge in [0, 0.05) is 13.0 Å². The maximum absolute atomic E-state index is 5.77. The minimum Gasteiger partial charge on any atom is -0.493 e. The molecule has 7 nitrogen and oxygen atoms in total. The van der Waals surface area contributed by atoms with Crippen LogP contribution in [0.3, 0.4) is 0 Å². The predicted molar refractivity (Wildman–Crippen MR) is 82.6 cm³/mol. The molecule has 1 aliphatic rings. The van der Waals surface area contributed by atoms with Gasteiger partial charge in [0.2, 0.25) is 0 Å². The molecule has 1 aromatic heterocycles. The summed E-state index contributed by atoms with van der Waals surface area (Å²) < 4.78 is 21.6. The maximum Gasteiger partial charge on any atom is 0.255 e. The van der Waals surface area contributed by atoms with Gasteiger partial charge in [-0.1, -0.05) is 11.2 Å². The summed E-state index contributed by atoms with van der Waals surface area (Å²) in [4.78, 5) is 4.44. The van der Waals surface area contributed by atoms with Gasteiger partial charge in [-0.05, 0) is 30.5 Å². The van der Waals surface area contributed by atoms with E-state index in [4.69, 9.17) is 24.5 Å². The Balaban J connectivity index is 1.69. The summed E-state index contributed by atoms with van der Waals surface area (Å²) in [6.45, 7) is 0.517. The van der Waals surface area contributed by atoms with Gasteiger partial charge in [-0.15, -0.1) is 0 Å². The molecule has 0 unspecified atom stereocenters. The van der Waals surface area contributed by atoms with Crippen molar-refractivity contribution in [3.63, 3.8) is 0 Å². The SMILES string of the molecule is COc1ccc(Cc2noc([C@@H]3CC[C@H](CN)O3)n2)cc1OC. The molecule has 7 heteroatoms. The molecule has 2 atom stereocenters. The zero-order valence-electron chi connectivity index (χ0n) is 13.3. The van der Waals surface area contributed by atoms with Crippen molar-refractivity contribution in [3.05, 3.63) is 35.5 Å². The number of nitrogens with zero attached hydrogens (tertiary/aromatic N) is 2. The smallest absolute Gasteiger partial charge is 0.255 e. The minimum absolute atomic E-state index is 0.0844. The van der Waals surface area contributed by atoms with Gasteiger partial charge < -0.3 is 24.5 Å². The van der Waals surface area contributed by atoms with Gasteiger partial charge in [-0.2, -0.15) is 4.98 Å². The summed E-state index contributed by atoms with van der Waals surface area (Å²) in [5.41, 5.74) is 6.63. The number of benzene rings is 1. The second-order valence-electron chi connectivity index (χ2n) is 5.47. The third kappa shape index (κ3) is 3.46. The van der Waals surface area contributed by atoms with Crippen molar-refractivity contribution >= 4 is 0 Å². The standard InChI is InChI=1S/C16H21N3O4/c1-20-12-5-3-10(7-14(12)21-2)8-15-18-16(23-19-15)13-6-4-11(9-17)22-13/h3,5,7,11,13H,4,6,8-9,17H2,1-2H3/t11-,13+/m1/s1. The summed E-state index contributed by atoms with van der Waals surface area (Å²) >= 11 is 0. The molecule has 1 saturated heterocycles. The van der Waals surface area contributed by atoms with Gasteiger partial charge >= 0.3 is 0 Å². The second-order valence-corrected chi connectivity index (χ2v) is 5.47. The van der Waals surface area contributed by atoms with Crippen LogP contribution in [0, 0.1) is 0 Å². The normalized spacial score (nSPS) is 20.7. The molecule has 1 aromatic carbocycles. The number of aromatic nitrogens is 2. The highest BCUT2D eigenvalue weighted by Gasteiger charge is 2.29. The van der Waals surface area contributed by atoms with E-state index in [9.17, 15) is 0 Å². The van der Waals surface area contributed by atoms with Crippen LogP contribution in [0.1, 0.15) is 36.2 Å². The zero-order valence-corrected chi connectivity index (χ0v) is 13.3. The Morgan fingerprint density at radius 3 is 2.74 bits per heavy atom. The molecular weight excluding hydrogens is 298 g/mol. The first-order chi connectivity index (χ1) is 11.2. The van der Waals surface area contributed by atoms with Crippen molar-refractivity contribution < 1.29 is 18.7 Å². The fourth-order valence-corrected chi connectivity index (χ4v) is 2.70. The molecule has 2 heterocycles. The predicted octanol–water partition coefficient (Wildman–Crippen LogP) is 1.86. The largest absolute Gasteiger partial charge is 0.493 e. The van der Waals surface area contributed by atoms with Crippen LogP contribution < -0.4 is 15.2 Å². The van der Waals surface area contributed by atoms with Crippen LogP contribution in [-0.2, 0) is 11.2 Å². The fourth-order valence-electron chi connectivity index (χ4n) is 2.70. The number of nitrogens with two attached hydrogens (primary N) is 1. The highest BCUT2D eigenvalue weighted by molar-refractivity contribution is 5.43. The zero-order chi connectivity index (χ0) is 16.2. The summed E-state index contributed by atoms with van der Waals surface area (Å²) in [5.74, 6) is 2.51. The summed E-state index contributed by atoms with van der Waals surface area (Å²) in [6.07, 6.45) is 2.28. The van der Waals surface area contributed by atoms with Gasteiger partial charge in [0.25, 0.3) is 5.89 Å². The average molecular weight is 319 g/mol. The highest BCUT2D eigenvalue weighted by atomic mass is 16.5. The molecule has 124 valence electrons. The van der Waals surface area contributed by atoms with Crippen molar-refractivity contribution in [2.75, 3.05) is 20.8 Å². The molecular formula is C16H21N3O4. The molecule has 2 N–H and O–H groups in total. The fraction of sp³-hybridized carbons (Fsp3) is 0.500. The Morgan fingerprint density at radius 1 is 1.22 bits per heavy atom. The van der Waals surface area contributed by atoms with E-state index in [0.29, 0.717) is 36.2 Å². The molecule has 1 fully saturated rings.